The normalized spacial score (nSPS) is 21.2. The summed E-state index contributed by atoms with van der Waals surface area (Å²) in [4.78, 5) is 6.61. The van der Waals surface area contributed by atoms with Crippen molar-refractivity contribution in [1.29, 1.82) is 0 Å². The first-order chi connectivity index (χ1) is 7.72. The molecular formula is C12H18N2O2. The smallest absolute Gasteiger partial charge is 0.0697 e. The van der Waals surface area contributed by atoms with E-state index in [0.29, 0.717) is 6.04 Å². The van der Waals surface area contributed by atoms with Crippen LogP contribution in [0.2, 0.25) is 0 Å². The second-order valence-corrected chi connectivity index (χ2v) is 4.22. The van der Waals surface area contributed by atoms with Crippen LogP contribution >= 0.6 is 0 Å². The second-order valence-electron chi connectivity index (χ2n) is 4.22. The Labute approximate surface area is 95.9 Å². The van der Waals surface area contributed by atoms with E-state index in [1.165, 1.54) is 0 Å². The molecule has 4 nitrogen and oxygen atoms in total. The molecule has 0 radical (unpaired) electrons. The van der Waals surface area contributed by atoms with Gasteiger partial charge >= 0.3 is 0 Å². The van der Waals surface area contributed by atoms with Crippen LogP contribution in [0.1, 0.15) is 18.2 Å². The Kier molecular flexibility index (Phi) is 3.41. The van der Waals surface area contributed by atoms with Gasteiger partial charge < -0.3 is 14.7 Å². The van der Waals surface area contributed by atoms with Crippen molar-refractivity contribution in [2.45, 2.75) is 26.5 Å². The van der Waals surface area contributed by atoms with Crippen LogP contribution in [-0.4, -0.2) is 35.9 Å². The van der Waals surface area contributed by atoms with Crippen LogP contribution in [0.25, 0.3) is 0 Å². The first-order valence-corrected chi connectivity index (χ1v) is 5.63. The fourth-order valence-corrected chi connectivity index (χ4v) is 2.03. The van der Waals surface area contributed by atoms with Crippen molar-refractivity contribution in [3.8, 4) is 0 Å². The maximum atomic E-state index is 9.13. The third kappa shape index (κ3) is 2.18. The zero-order valence-corrected chi connectivity index (χ0v) is 9.81. The molecular weight excluding hydrogens is 204 g/mol. The van der Waals surface area contributed by atoms with Gasteiger partial charge in [-0.2, -0.15) is 0 Å². The number of rotatable bonds is 2. The van der Waals surface area contributed by atoms with Crippen LogP contribution < -0.4 is 4.90 Å². The predicted octanol–water partition coefficient (Wildman–Crippen LogP) is 1.11. The van der Waals surface area contributed by atoms with Gasteiger partial charge in [0.15, 0.2) is 0 Å². The van der Waals surface area contributed by atoms with Crippen LogP contribution in [0.3, 0.4) is 0 Å². The highest BCUT2D eigenvalue weighted by Gasteiger charge is 2.21. The minimum atomic E-state index is 0.0407. The van der Waals surface area contributed by atoms with E-state index < -0.39 is 0 Å². The molecule has 1 fully saturated rings. The van der Waals surface area contributed by atoms with Gasteiger partial charge in [-0.25, -0.2) is 0 Å². The van der Waals surface area contributed by atoms with E-state index in [1.54, 1.807) is 6.20 Å². The number of hydrogen-bond acceptors (Lipinski definition) is 4. The lowest BCUT2D eigenvalue weighted by Crippen LogP contribution is -2.44. The summed E-state index contributed by atoms with van der Waals surface area (Å²) in [5.74, 6) is 0. The number of aryl methyl sites for hydroxylation is 1. The van der Waals surface area contributed by atoms with E-state index in [9.17, 15) is 0 Å². The van der Waals surface area contributed by atoms with Gasteiger partial charge in [-0.05, 0) is 25.5 Å². The Morgan fingerprint density at radius 1 is 1.62 bits per heavy atom. The summed E-state index contributed by atoms with van der Waals surface area (Å²) in [5.41, 5.74) is 2.98. The van der Waals surface area contributed by atoms with Gasteiger partial charge in [-0.1, -0.05) is 0 Å². The third-order valence-corrected chi connectivity index (χ3v) is 2.98. The zero-order chi connectivity index (χ0) is 11.5. The Morgan fingerprint density at radius 3 is 3.12 bits per heavy atom. The number of aromatic nitrogens is 1. The summed E-state index contributed by atoms with van der Waals surface area (Å²) in [6.45, 7) is 6.58. The Morgan fingerprint density at radius 2 is 2.44 bits per heavy atom. The van der Waals surface area contributed by atoms with Crippen molar-refractivity contribution < 1.29 is 9.84 Å². The van der Waals surface area contributed by atoms with Gasteiger partial charge in [0.25, 0.3) is 0 Å². The second kappa shape index (κ2) is 4.80. The van der Waals surface area contributed by atoms with Crippen molar-refractivity contribution in [1.82, 2.24) is 4.98 Å². The molecule has 2 heterocycles. The van der Waals surface area contributed by atoms with Crippen LogP contribution in [0.4, 0.5) is 5.69 Å². The average molecular weight is 222 g/mol. The van der Waals surface area contributed by atoms with E-state index in [2.05, 4.69) is 16.8 Å². The van der Waals surface area contributed by atoms with Gasteiger partial charge in [0.05, 0.1) is 31.2 Å². The van der Waals surface area contributed by atoms with Crippen LogP contribution in [-0.2, 0) is 11.3 Å². The minimum absolute atomic E-state index is 0.0407. The molecule has 0 spiro atoms. The molecule has 1 saturated heterocycles. The van der Waals surface area contributed by atoms with Crippen LogP contribution in [0.5, 0.6) is 0 Å². The summed E-state index contributed by atoms with van der Waals surface area (Å²) in [6, 6.07) is 2.38. The van der Waals surface area contributed by atoms with E-state index in [-0.39, 0.29) is 6.61 Å². The Bertz CT molecular complexity index is 368. The van der Waals surface area contributed by atoms with Gasteiger partial charge in [0.1, 0.15) is 0 Å². The molecule has 0 bridgehead atoms. The lowest BCUT2D eigenvalue weighted by Gasteiger charge is -2.36. The molecule has 4 heteroatoms. The number of aliphatic hydroxyl groups excluding tert-OH is 1. The van der Waals surface area contributed by atoms with E-state index >= 15 is 0 Å². The average Bonchev–Trinajstić information content (AvgIpc) is 2.31. The number of pyridine rings is 1. The molecule has 1 aliphatic heterocycles. The van der Waals surface area contributed by atoms with Crippen LogP contribution in [0, 0.1) is 6.92 Å². The number of aliphatic hydroxyl groups is 1. The fraction of sp³-hybridized carbons (Fsp3) is 0.583. The third-order valence-electron chi connectivity index (χ3n) is 2.98. The van der Waals surface area contributed by atoms with Crippen molar-refractivity contribution in [3.63, 3.8) is 0 Å². The van der Waals surface area contributed by atoms with Crippen molar-refractivity contribution in [2.75, 3.05) is 24.7 Å². The maximum absolute atomic E-state index is 9.13. The molecule has 0 amide bonds. The van der Waals surface area contributed by atoms with E-state index in [1.807, 2.05) is 13.0 Å². The lowest BCUT2D eigenvalue weighted by molar-refractivity contribution is 0.0988. The molecule has 1 aromatic rings. The number of nitrogens with zero attached hydrogens (tertiary/aromatic N) is 2. The molecule has 0 saturated carbocycles. The molecule has 16 heavy (non-hydrogen) atoms. The Hall–Kier alpha value is -1.13. The largest absolute Gasteiger partial charge is 0.392 e. The summed E-state index contributed by atoms with van der Waals surface area (Å²) in [6.07, 6.45) is 1.73. The summed E-state index contributed by atoms with van der Waals surface area (Å²) < 4.78 is 5.42. The number of hydrogen-bond donors (Lipinski definition) is 1. The van der Waals surface area contributed by atoms with Crippen molar-refractivity contribution in [3.05, 3.63) is 23.5 Å². The molecule has 1 aliphatic rings. The van der Waals surface area contributed by atoms with Gasteiger partial charge in [-0.3, -0.25) is 4.98 Å². The molecule has 1 N–H and O–H groups in total. The quantitative estimate of drug-likeness (QED) is 0.814. The topological polar surface area (TPSA) is 45.6 Å². The Balaban J connectivity index is 2.30. The number of ether oxygens (including phenoxy) is 1. The lowest BCUT2D eigenvalue weighted by atomic mass is 10.1. The first kappa shape index (κ1) is 11.4. The summed E-state index contributed by atoms with van der Waals surface area (Å²) in [7, 11) is 0. The molecule has 88 valence electrons. The highest BCUT2D eigenvalue weighted by atomic mass is 16.5. The molecule has 1 unspecified atom stereocenters. The fourth-order valence-electron chi connectivity index (χ4n) is 2.03. The van der Waals surface area contributed by atoms with Gasteiger partial charge in [0.2, 0.25) is 0 Å². The molecule has 1 aromatic heterocycles. The molecule has 1 atom stereocenters. The minimum Gasteiger partial charge on any atom is -0.392 e. The van der Waals surface area contributed by atoms with Gasteiger partial charge in [0, 0.05) is 18.8 Å². The molecule has 0 aliphatic carbocycles. The monoisotopic (exact) mass is 222 g/mol. The summed E-state index contributed by atoms with van der Waals surface area (Å²) >= 11 is 0. The number of anilines is 1. The molecule has 2 rings (SSSR count). The highest BCUT2D eigenvalue weighted by Crippen LogP contribution is 2.23. The first-order valence-electron chi connectivity index (χ1n) is 5.63. The molecule has 0 aromatic carbocycles. The van der Waals surface area contributed by atoms with E-state index in [0.717, 1.165) is 36.7 Å². The van der Waals surface area contributed by atoms with Gasteiger partial charge in [-0.15, -0.1) is 0 Å². The predicted molar refractivity (Wildman–Crippen MR) is 62.5 cm³/mol. The SMILES string of the molecule is Cc1ncc(CO)cc1N1CCOCC1C. The standard InChI is InChI=1S/C12H18N2O2/c1-9-8-16-4-3-14(9)12-5-11(7-15)6-13-10(12)2/h5-6,9,15H,3-4,7-8H2,1-2H3. The maximum Gasteiger partial charge on any atom is 0.0697 e. The van der Waals surface area contributed by atoms with Crippen LogP contribution in [0.15, 0.2) is 12.3 Å². The van der Waals surface area contributed by atoms with Crippen molar-refractivity contribution >= 4 is 5.69 Å². The highest BCUT2D eigenvalue weighted by molar-refractivity contribution is 5.52. The summed E-state index contributed by atoms with van der Waals surface area (Å²) in [5, 5.41) is 9.13. The van der Waals surface area contributed by atoms with E-state index in [4.69, 9.17) is 9.84 Å². The zero-order valence-electron chi connectivity index (χ0n) is 9.81. The van der Waals surface area contributed by atoms with Crippen molar-refractivity contribution in [2.24, 2.45) is 0 Å². The number of morpholine rings is 1.